The smallest absolute Gasteiger partial charge is 0.374 e. The van der Waals surface area contributed by atoms with Crippen molar-refractivity contribution in [2.75, 3.05) is 5.32 Å². The quantitative estimate of drug-likeness (QED) is 0.295. The van der Waals surface area contributed by atoms with Crippen LogP contribution >= 0.6 is 0 Å². The van der Waals surface area contributed by atoms with Gasteiger partial charge in [0.05, 0.1) is 30.4 Å². The van der Waals surface area contributed by atoms with Crippen LogP contribution in [0.4, 0.5) is 40.8 Å². The summed E-state index contributed by atoms with van der Waals surface area (Å²) < 4.78 is 117. The van der Waals surface area contributed by atoms with Gasteiger partial charge in [0.1, 0.15) is 23.2 Å². The lowest BCUT2D eigenvalue weighted by atomic mass is 9.89. The zero-order chi connectivity index (χ0) is 33.6. The number of nitrogens with zero attached hydrogens (tertiary/aromatic N) is 1. The normalized spacial score (nSPS) is 14.6. The number of benzene rings is 2. The van der Waals surface area contributed by atoms with Gasteiger partial charge >= 0.3 is 12.4 Å². The summed E-state index contributed by atoms with van der Waals surface area (Å²) in [4.78, 5) is 38.4. The van der Waals surface area contributed by atoms with Crippen molar-refractivity contribution >= 4 is 17.4 Å². The average Bonchev–Trinajstić information content (AvgIpc) is 3.41. The van der Waals surface area contributed by atoms with Crippen molar-refractivity contribution in [3.63, 3.8) is 0 Å². The number of ketones is 1. The number of halogens is 8. The molecule has 0 spiro atoms. The molecule has 1 aliphatic heterocycles. The lowest BCUT2D eigenvalue weighted by Crippen LogP contribution is -2.42. The Bertz CT molecular complexity index is 1710. The number of aromatic nitrogens is 1. The van der Waals surface area contributed by atoms with Gasteiger partial charge in [0, 0.05) is 24.8 Å². The van der Waals surface area contributed by atoms with E-state index in [1.165, 1.54) is 26.1 Å². The molecule has 3 aromatic rings. The van der Waals surface area contributed by atoms with Crippen LogP contribution in [0.15, 0.2) is 35.1 Å². The summed E-state index contributed by atoms with van der Waals surface area (Å²) in [6, 6.07) is 1.04. The number of alkyl halides is 6. The van der Waals surface area contributed by atoms with Crippen LogP contribution in [0.25, 0.3) is 11.1 Å². The van der Waals surface area contributed by atoms with E-state index in [4.69, 9.17) is 4.74 Å². The van der Waals surface area contributed by atoms with E-state index in [2.05, 4.69) is 5.32 Å². The molecule has 2 N–H and O–H groups in total. The Morgan fingerprint density at radius 3 is 2.16 bits per heavy atom. The molecule has 7 nitrogen and oxygen atoms in total. The fourth-order valence-corrected chi connectivity index (χ4v) is 5.02. The molecule has 2 aromatic carbocycles. The first-order valence-electron chi connectivity index (χ1n) is 13.4. The number of nitrogens with one attached hydrogen (secondary N) is 2. The second-order valence-corrected chi connectivity index (χ2v) is 10.7. The second kappa shape index (κ2) is 12.3. The average molecular weight is 646 g/mol. The summed E-state index contributed by atoms with van der Waals surface area (Å²) in [6.45, 7) is 2.97. The second-order valence-electron chi connectivity index (χ2n) is 10.7. The maximum Gasteiger partial charge on any atom is 0.417 e. The summed E-state index contributed by atoms with van der Waals surface area (Å²) >= 11 is 0. The molecule has 2 heterocycles. The van der Waals surface area contributed by atoms with Gasteiger partial charge in [-0.1, -0.05) is 12.1 Å². The molecule has 0 saturated heterocycles. The molecule has 242 valence electrons. The van der Waals surface area contributed by atoms with Crippen molar-refractivity contribution in [1.82, 2.24) is 9.88 Å². The summed E-state index contributed by atoms with van der Waals surface area (Å²) in [5, 5.41) is 4.12. The summed E-state index contributed by atoms with van der Waals surface area (Å²) in [6.07, 6.45) is -9.81. The highest BCUT2D eigenvalue weighted by Crippen LogP contribution is 2.40. The van der Waals surface area contributed by atoms with Gasteiger partial charge in [-0.05, 0) is 61.2 Å². The van der Waals surface area contributed by atoms with Gasteiger partial charge in [-0.2, -0.15) is 26.3 Å². The number of anilines is 1. The fraction of sp³-hybridized carbons (Fsp3) is 0.367. The molecule has 1 aliphatic rings. The monoisotopic (exact) mass is 645 g/mol. The van der Waals surface area contributed by atoms with E-state index in [9.17, 15) is 49.5 Å². The zero-order valence-electron chi connectivity index (χ0n) is 24.3. The number of aryl methyl sites for hydroxylation is 1. The predicted molar refractivity (Wildman–Crippen MR) is 146 cm³/mol. The third kappa shape index (κ3) is 6.87. The van der Waals surface area contributed by atoms with E-state index < -0.39 is 75.7 Å². The van der Waals surface area contributed by atoms with E-state index in [0.717, 1.165) is 24.5 Å². The number of pyridine rings is 1. The van der Waals surface area contributed by atoms with Crippen LogP contribution in [0.5, 0.6) is 0 Å². The molecule has 0 bridgehead atoms. The Hall–Kier alpha value is -4.27. The van der Waals surface area contributed by atoms with Gasteiger partial charge in [0.25, 0.3) is 11.5 Å². The van der Waals surface area contributed by atoms with Crippen molar-refractivity contribution in [3.8, 4) is 11.1 Å². The Balaban J connectivity index is 1.66. The molecular formula is C30H27F8N3O4. The Labute approximate surface area is 251 Å². The van der Waals surface area contributed by atoms with Crippen molar-refractivity contribution in [3.05, 3.63) is 85.8 Å². The Kier molecular flexibility index (Phi) is 9.16. The SMILES string of the molecule is CC(=O)[C@H](Cc1ccc(-c2c(C(F)(F)F)cc(C)n(C)c2=O)c2c1COC2)NC(=O)c1c(F)cc(N[C@H](C)C(F)(F)F)cc1F. The molecule has 1 aromatic heterocycles. The summed E-state index contributed by atoms with van der Waals surface area (Å²) in [7, 11) is 1.34. The number of hydrogen-bond acceptors (Lipinski definition) is 5. The van der Waals surface area contributed by atoms with Gasteiger partial charge in [0.15, 0.2) is 5.78 Å². The number of amides is 1. The Morgan fingerprint density at radius 2 is 1.60 bits per heavy atom. The minimum atomic E-state index is -4.85. The van der Waals surface area contributed by atoms with Crippen LogP contribution in [0, 0.1) is 18.6 Å². The van der Waals surface area contributed by atoms with Gasteiger partial charge in [0.2, 0.25) is 0 Å². The van der Waals surface area contributed by atoms with Gasteiger partial charge < -0.3 is 19.9 Å². The highest BCUT2D eigenvalue weighted by Gasteiger charge is 2.38. The van der Waals surface area contributed by atoms with Crippen LogP contribution in [0.2, 0.25) is 0 Å². The first kappa shape index (κ1) is 33.6. The minimum absolute atomic E-state index is 0.0136. The van der Waals surface area contributed by atoms with E-state index in [1.807, 2.05) is 5.32 Å². The fourth-order valence-electron chi connectivity index (χ4n) is 5.02. The molecular weight excluding hydrogens is 618 g/mol. The van der Waals surface area contributed by atoms with Gasteiger partial charge in [-0.3, -0.25) is 14.4 Å². The van der Waals surface area contributed by atoms with E-state index >= 15 is 0 Å². The lowest BCUT2D eigenvalue weighted by molar-refractivity contribution is -0.138. The largest absolute Gasteiger partial charge is 0.417 e. The van der Waals surface area contributed by atoms with Crippen LogP contribution in [0.3, 0.4) is 0 Å². The molecule has 1 amide bonds. The maximum atomic E-state index is 14.7. The van der Waals surface area contributed by atoms with E-state index in [-0.39, 0.29) is 36.5 Å². The molecule has 0 radical (unpaired) electrons. The first-order chi connectivity index (χ1) is 20.8. The number of Topliss-reactive ketones (excluding diaryl/α,β-unsaturated/α-hetero) is 1. The highest BCUT2D eigenvalue weighted by atomic mass is 19.4. The number of carbonyl (C=O) groups excluding carboxylic acids is 2. The van der Waals surface area contributed by atoms with Crippen LogP contribution in [-0.4, -0.2) is 34.5 Å². The number of ether oxygens (including phenoxy) is 1. The molecule has 0 unspecified atom stereocenters. The third-order valence-electron chi connectivity index (χ3n) is 7.63. The minimum Gasteiger partial charge on any atom is -0.374 e. The number of hydrogen-bond donors (Lipinski definition) is 2. The van der Waals surface area contributed by atoms with Crippen LogP contribution in [0.1, 0.15) is 52.2 Å². The third-order valence-corrected chi connectivity index (χ3v) is 7.63. The zero-order valence-corrected chi connectivity index (χ0v) is 24.3. The van der Waals surface area contributed by atoms with E-state index in [0.29, 0.717) is 23.3 Å². The van der Waals surface area contributed by atoms with Crippen LogP contribution < -0.4 is 16.2 Å². The topological polar surface area (TPSA) is 89.4 Å². The van der Waals surface area contributed by atoms with Crippen molar-refractivity contribution in [1.29, 1.82) is 0 Å². The van der Waals surface area contributed by atoms with Gasteiger partial charge in [-0.15, -0.1) is 0 Å². The Morgan fingerprint density at radius 1 is 1.00 bits per heavy atom. The molecule has 45 heavy (non-hydrogen) atoms. The number of fused-ring (bicyclic) bond motifs is 1. The first-order valence-corrected chi connectivity index (χ1v) is 13.4. The van der Waals surface area contributed by atoms with Crippen molar-refractivity contribution in [2.24, 2.45) is 7.05 Å². The number of rotatable bonds is 8. The molecule has 0 fully saturated rings. The molecule has 0 saturated carbocycles. The van der Waals surface area contributed by atoms with Crippen molar-refractivity contribution in [2.45, 2.75) is 64.8 Å². The summed E-state index contributed by atoms with van der Waals surface area (Å²) in [5.74, 6) is -4.95. The number of carbonyl (C=O) groups is 2. The standard InChI is InChI=1S/C30H27F8N3O4/c1-13-7-21(30(36,37)38)25(28(44)41(13)4)18-6-5-16(19-11-45-12-20(18)19)8-24(14(2)42)40-27(43)26-22(31)9-17(10-23(26)32)39-15(3)29(33,34)35/h5-7,9-10,15,24,39H,8,11-12H2,1-4H3,(H,40,43)/t15-,24+/m1/s1. The van der Waals surface area contributed by atoms with E-state index in [1.54, 1.807) is 0 Å². The van der Waals surface area contributed by atoms with Gasteiger partial charge in [-0.25, -0.2) is 8.78 Å². The molecule has 15 heteroatoms. The predicted octanol–water partition coefficient (Wildman–Crippen LogP) is 5.98. The molecule has 0 aliphatic carbocycles. The molecule has 4 rings (SSSR count). The summed E-state index contributed by atoms with van der Waals surface area (Å²) in [5.41, 5.74) is -3.17. The maximum absolute atomic E-state index is 14.7. The van der Waals surface area contributed by atoms with Crippen LogP contribution in [-0.2, 0) is 42.4 Å². The molecule has 2 atom stereocenters. The lowest BCUT2D eigenvalue weighted by Gasteiger charge is -2.21. The van der Waals surface area contributed by atoms with Crippen molar-refractivity contribution < 1.29 is 49.4 Å². The highest BCUT2D eigenvalue weighted by molar-refractivity contribution is 5.98.